The van der Waals surface area contributed by atoms with Crippen molar-refractivity contribution in [3.05, 3.63) is 65.9 Å². The van der Waals surface area contributed by atoms with Gasteiger partial charge in [-0.15, -0.1) is 0 Å². The lowest BCUT2D eigenvalue weighted by atomic mass is 10.2. The van der Waals surface area contributed by atoms with Crippen LogP contribution in [-0.2, 0) is 0 Å². The second-order valence-electron chi connectivity index (χ2n) is 8.01. The van der Waals surface area contributed by atoms with E-state index in [1.54, 1.807) is 36.2 Å². The molecule has 4 rings (SSSR count). The summed E-state index contributed by atoms with van der Waals surface area (Å²) >= 11 is 1.32. The third kappa shape index (κ3) is 5.92. The van der Waals surface area contributed by atoms with Gasteiger partial charge in [-0.25, -0.2) is 23.7 Å². The Morgan fingerprint density at radius 1 is 1.06 bits per heavy atom. The number of nitrogens with one attached hydrogen (secondary N) is 2. The summed E-state index contributed by atoms with van der Waals surface area (Å²) in [5.41, 5.74) is 1.36. The van der Waals surface area contributed by atoms with E-state index in [-0.39, 0.29) is 11.6 Å². The molecule has 0 saturated heterocycles. The molecule has 0 aliphatic heterocycles. The number of halogens is 2. The minimum absolute atomic E-state index is 0.167. The van der Waals surface area contributed by atoms with Gasteiger partial charge in [0.1, 0.15) is 33.6 Å². The predicted molar refractivity (Wildman–Crippen MR) is 139 cm³/mol. The Balaban J connectivity index is 1.41. The summed E-state index contributed by atoms with van der Waals surface area (Å²) in [6, 6.07) is 10.4. The fourth-order valence-corrected chi connectivity index (χ4v) is 4.45. The van der Waals surface area contributed by atoms with Crippen molar-refractivity contribution in [2.24, 2.45) is 0 Å². The zero-order valence-electron chi connectivity index (χ0n) is 20.3. The van der Waals surface area contributed by atoms with Gasteiger partial charge >= 0.3 is 0 Å². The number of pyridine rings is 2. The van der Waals surface area contributed by atoms with Gasteiger partial charge in [0, 0.05) is 32.4 Å². The SMILES string of the molecule is CCN(CC)CCNC(=O)c1ccc(Nc2nc3ccc(N(C)c4ccc(F)cc4F)nc3s2)nc1. The second-order valence-corrected chi connectivity index (χ2v) is 8.98. The fourth-order valence-electron chi connectivity index (χ4n) is 3.61. The van der Waals surface area contributed by atoms with Gasteiger partial charge in [0.15, 0.2) is 5.13 Å². The fraction of sp³-hybridized carbons (Fsp3) is 0.280. The molecular weight excluding hydrogens is 484 g/mol. The molecule has 0 radical (unpaired) electrons. The number of carbonyl (C=O) groups excluding carboxylic acids is 1. The predicted octanol–water partition coefficient (Wildman–Crippen LogP) is 4.95. The lowest BCUT2D eigenvalue weighted by molar-refractivity contribution is 0.0948. The molecule has 3 heterocycles. The molecule has 0 atom stereocenters. The number of aromatic nitrogens is 3. The number of rotatable bonds is 10. The van der Waals surface area contributed by atoms with Crippen LogP contribution in [0.4, 0.5) is 31.2 Å². The van der Waals surface area contributed by atoms with Crippen molar-refractivity contribution in [2.45, 2.75) is 13.8 Å². The molecular formula is C25H27F2N7OS. The summed E-state index contributed by atoms with van der Waals surface area (Å²) in [6.07, 6.45) is 1.52. The number of thiazole rings is 1. The van der Waals surface area contributed by atoms with Crippen LogP contribution in [0, 0.1) is 11.6 Å². The van der Waals surface area contributed by atoms with Crippen molar-refractivity contribution in [3.8, 4) is 0 Å². The van der Waals surface area contributed by atoms with E-state index in [4.69, 9.17) is 0 Å². The lowest BCUT2D eigenvalue weighted by Crippen LogP contribution is -2.34. The van der Waals surface area contributed by atoms with E-state index in [9.17, 15) is 13.6 Å². The monoisotopic (exact) mass is 511 g/mol. The molecule has 2 N–H and O–H groups in total. The van der Waals surface area contributed by atoms with Crippen molar-refractivity contribution in [1.82, 2.24) is 25.2 Å². The number of hydrogen-bond acceptors (Lipinski definition) is 8. The molecule has 8 nitrogen and oxygen atoms in total. The summed E-state index contributed by atoms with van der Waals surface area (Å²) in [5, 5.41) is 6.62. The molecule has 0 spiro atoms. The van der Waals surface area contributed by atoms with Crippen molar-refractivity contribution >= 4 is 50.0 Å². The Bertz CT molecular complexity index is 1340. The standard InChI is InChI=1S/C25H27F2N7OS/c1-4-34(5-2)13-12-28-23(35)16-6-10-21(29-15-16)31-25-30-19-8-11-22(32-24(19)36-25)33(3)20-9-7-17(26)14-18(20)27/h6-11,14-15H,4-5,12-13H2,1-3H3,(H,28,35)(H,29,30,31). The first-order chi connectivity index (χ1) is 17.4. The molecule has 0 fully saturated rings. The summed E-state index contributed by atoms with van der Waals surface area (Å²) < 4.78 is 27.4. The zero-order chi connectivity index (χ0) is 25.7. The highest BCUT2D eigenvalue weighted by molar-refractivity contribution is 7.21. The van der Waals surface area contributed by atoms with Gasteiger partial charge in [-0.3, -0.25) is 4.79 Å². The van der Waals surface area contributed by atoms with Crippen LogP contribution in [0.1, 0.15) is 24.2 Å². The normalized spacial score (nSPS) is 11.2. The minimum atomic E-state index is -0.668. The Hall–Kier alpha value is -3.70. The largest absolute Gasteiger partial charge is 0.351 e. The van der Waals surface area contributed by atoms with E-state index in [2.05, 4.69) is 44.3 Å². The maximum absolute atomic E-state index is 14.2. The van der Waals surface area contributed by atoms with Gasteiger partial charge in [-0.05, 0) is 49.5 Å². The van der Waals surface area contributed by atoms with Crippen molar-refractivity contribution in [2.75, 3.05) is 43.4 Å². The molecule has 3 aromatic heterocycles. The van der Waals surface area contributed by atoms with Crippen LogP contribution < -0.4 is 15.5 Å². The highest BCUT2D eigenvalue weighted by Crippen LogP contribution is 2.31. The number of anilines is 4. The molecule has 188 valence electrons. The van der Waals surface area contributed by atoms with Crippen LogP contribution in [0.2, 0.25) is 0 Å². The van der Waals surface area contributed by atoms with E-state index in [1.165, 1.54) is 29.7 Å². The average molecular weight is 512 g/mol. The number of carbonyl (C=O) groups is 1. The van der Waals surface area contributed by atoms with Crippen molar-refractivity contribution in [1.29, 1.82) is 0 Å². The average Bonchev–Trinajstić information content (AvgIpc) is 3.28. The van der Waals surface area contributed by atoms with Crippen LogP contribution in [0.25, 0.3) is 10.3 Å². The van der Waals surface area contributed by atoms with Gasteiger partial charge in [0.25, 0.3) is 5.91 Å². The van der Waals surface area contributed by atoms with Gasteiger partial charge in [0.05, 0.1) is 11.3 Å². The quantitative estimate of drug-likeness (QED) is 0.312. The third-order valence-electron chi connectivity index (χ3n) is 5.72. The molecule has 1 amide bonds. The zero-order valence-corrected chi connectivity index (χ0v) is 21.1. The number of amides is 1. The summed E-state index contributed by atoms with van der Waals surface area (Å²) in [6.45, 7) is 7.45. The van der Waals surface area contributed by atoms with E-state index >= 15 is 0 Å². The topological polar surface area (TPSA) is 86.3 Å². The van der Waals surface area contributed by atoms with Crippen LogP contribution >= 0.6 is 11.3 Å². The third-order valence-corrected chi connectivity index (χ3v) is 6.60. The molecule has 0 unspecified atom stereocenters. The number of fused-ring (bicyclic) bond motifs is 1. The molecule has 36 heavy (non-hydrogen) atoms. The second kappa shape index (κ2) is 11.4. The van der Waals surface area contributed by atoms with Crippen LogP contribution in [0.15, 0.2) is 48.7 Å². The Labute approximate surface area is 212 Å². The van der Waals surface area contributed by atoms with Crippen LogP contribution in [-0.4, -0.2) is 59.0 Å². The summed E-state index contributed by atoms with van der Waals surface area (Å²) in [4.78, 5) is 30.2. The summed E-state index contributed by atoms with van der Waals surface area (Å²) in [5.74, 6) is -0.432. The van der Waals surface area contributed by atoms with Gasteiger partial charge in [0.2, 0.25) is 0 Å². The smallest absolute Gasteiger partial charge is 0.252 e. The van der Waals surface area contributed by atoms with Crippen molar-refractivity contribution in [3.63, 3.8) is 0 Å². The van der Waals surface area contributed by atoms with E-state index in [0.29, 0.717) is 39.2 Å². The molecule has 0 saturated carbocycles. The molecule has 11 heteroatoms. The van der Waals surface area contributed by atoms with Gasteiger partial charge in [-0.2, -0.15) is 0 Å². The first-order valence-corrected chi connectivity index (χ1v) is 12.4. The molecule has 0 aliphatic rings. The number of benzene rings is 1. The number of hydrogen-bond donors (Lipinski definition) is 2. The molecule has 0 bridgehead atoms. The van der Waals surface area contributed by atoms with Gasteiger partial charge in [-0.1, -0.05) is 25.2 Å². The first kappa shape index (κ1) is 25.4. The molecule has 4 aromatic rings. The molecule has 0 aliphatic carbocycles. The Morgan fingerprint density at radius 2 is 1.86 bits per heavy atom. The van der Waals surface area contributed by atoms with Crippen LogP contribution in [0.5, 0.6) is 0 Å². The lowest BCUT2D eigenvalue weighted by Gasteiger charge is -2.18. The summed E-state index contributed by atoms with van der Waals surface area (Å²) in [7, 11) is 1.66. The highest BCUT2D eigenvalue weighted by atomic mass is 32.1. The highest BCUT2D eigenvalue weighted by Gasteiger charge is 2.14. The van der Waals surface area contributed by atoms with E-state index in [1.807, 2.05) is 0 Å². The van der Waals surface area contributed by atoms with Crippen molar-refractivity contribution < 1.29 is 13.6 Å². The number of likely N-dealkylation sites (N-methyl/N-ethyl adjacent to an activating group) is 1. The Morgan fingerprint density at radius 3 is 2.56 bits per heavy atom. The minimum Gasteiger partial charge on any atom is -0.351 e. The first-order valence-electron chi connectivity index (χ1n) is 11.6. The van der Waals surface area contributed by atoms with Gasteiger partial charge < -0.3 is 20.4 Å². The van der Waals surface area contributed by atoms with E-state index < -0.39 is 11.6 Å². The Kier molecular flexibility index (Phi) is 8.01. The van der Waals surface area contributed by atoms with E-state index in [0.717, 1.165) is 25.7 Å². The maximum Gasteiger partial charge on any atom is 0.252 e. The van der Waals surface area contributed by atoms with Crippen LogP contribution in [0.3, 0.4) is 0 Å². The maximum atomic E-state index is 14.2. The number of nitrogens with zero attached hydrogens (tertiary/aromatic N) is 5. The molecule has 1 aromatic carbocycles.